The molecule has 4 N–H and O–H groups in total. The normalized spacial score (nSPS) is 12.7. The third kappa shape index (κ3) is 14.6. The van der Waals surface area contributed by atoms with Crippen LogP contribution in [0.2, 0.25) is 0 Å². The molecule has 0 aliphatic carbocycles. The third-order valence-electron chi connectivity index (χ3n) is 18.0. The number of aromatic amines is 4. The zero-order chi connectivity index (χ0) is 58.0. The average molecular weight is 1120 g/mol. The summed E-state index contributed by atoms with van der Waals surface area (Å²) >= 11 is 0. The van der Waals surface area contributed by atoms with Crippen LogP contribution in [0.15, 0.2) is 48.5 Å². The molecule has 0 aromatic carbocycles. The molecular formula is C76H98N8. The Balaban J connectivity index is 1.30. The van der Waals surface area contributed by atoms with Crippen LogP contribution in [-0.4, -0.2) is 39.9 Å². The van der Waals surface area contributed by atoms with Gasteiger partial charge < -0.3 is 19.9 Å². The maximum atomic E-state index is 5.83. The largest absolute Gasteiger partial charge is 0.355 e. The van der Waals surface area contributed by atoms with Crippen molar-refractivity contribution in [2.75, 3.05) is 0 Å². The number of H-pyrrole nitrogens is 4. The highest BCUT2D eigenvalue weighted by atomic mass is 14.8. The fourth-order valence-corrected chi connectivity index (χ4v) is 13.2. The van der Waals surface area contributed by atoms with E-state index >= 15 is 0 Å². The Hall–Kier alpha value is -6.80. The first-order valence-electron chi connectivity index (χ1n) is 33.7. The molecule has 0 unspecified atom stereocenters. The molecule has 442 valence electrons. The summed E-state index contributed by atoms with van der Waals surface area (Å²) in [4.78, 5) is 39.0. The van der Waals surface area contributed by atoms with Crippen molar-refractivity contribution < 1.29 is 0 Å². The first-order valence-corrected chi connectivity index (χ1v) is 33.7. The molecule has 8 heteroatoms. The summed E-state index contributed by atoms with van der Waals surface area (Å²) in [6.07, 6.45) is 52.5. The molecule has 10 rings (SSSR count). The van der Waals surface area contributed by atoms with Gasteiger partial charge in [0.1, 0.15) is 0 Å². The fraction of sp³-hybridized carbons (Fsp3) is 0.474. The van der Waals surface area contributed by atoms with Crippen LogP contribution in [0.3, 0.4) is 0 Å². The number of hydrogen-bond acceptors (Lipinski definition) is 4. The van der Waals surface area contributed by atoms with Crippen molar-refractivity contribution in [1.29, 1.82) is 0 Å². The fourth-order valence-electron chi connectivity index (χ4n) is 13.2. The Bertz CT molecular complexity index is 3660. The second-order valence-electron chi connectivity index (χ2n) is 24.5. The van der Waals surface area contributed by atoms with Crippen molar-refractivity contribution in [3.05, 3.63) is 127 Å². The maximum Gasteiger partial charge on any atom is 0.0737 e. The third-order valence-corrected chi connectivity index (χ3v) is 18.0. The summed E-state index contributed by atoms with van der Waals surface area (Å²) in [5.41, 5.74) is 27.2. The summed E-state index contributed by atoms with van der Waals surface area (Å²) in [5, 5.41) is 0. The lowest BCUT2D eigenvalue weighted by atomic mass is 9.98. The van der Waals surface area contributed by atoms with Crippen LogP contribution in [0.4, 0.5) is 0 Å². The standard InChI is InChI=1S/C76H98N8/c1-7-13-19-25-31-55-62-38-37-53(77-62)51-54-52-61(76(78-54)60(36-30-24-18-12-6)72-46-45-69(82-72)57(33-27-21-15-9-3)66-40-39-63(55)79-66)75-73-49-47-70(83-73)58(34-28-22-16-10-4)67-43-41-64(80-67)56(32-26-20-14-8-2)65-42-44-68(81-65)59(35-29-23-17-11-5)71-48-50-74(75)84-71/h37-52,78-80,84H,7-36H2,1-6H3. The molecule has 0 radical (unpaired) electrons. The summed E-state index contributed by atoms with van der Waals surface area (Å²) < 4.78 is 0. The molecule has 0 amide bonds. The monoisotopic (exact) mass is 1120 g/mol. The van der Waals surface area contributed by atoms with Gasteiger partial charge in [0.2, 0.25) is 0 Å². The van der Waals surface area contributed by atoms with E-state index in [0.29, 0.717) is 0 Å². The van der Waals surface area contributed by atoms with Crippen molar-refractivity contribution in [3.8, 4) is 11.1 Å². The highest BCUT2D eigenvalue weighted by molar-refractivity contribution is 6.00. The lowest BCUT2D eigenvalue weighted by molar-refractivity contribution is 0.665. The number of hydrogen-bond donors (Lipinski definition) is 4. The van der Waals surface area contributed by atoms with Crippen molar-refractivity contribution in [1.82, 2.24) is 39.9 Å². The molecule has 0 spiro atoms. The molecule has 10 heterocycles. The first kappa shape index (κ1) is 60.3. The SMILES string of the molecule is CCCCCCc1c2nc(cc3cc(-c4c5nc(c(CCCCCC)c6ccc([nH]6)c(CCCCCC)c6nc(c(CCCCCC)c7ccc4[nH]7)C=C6)C=C5)c([nH]3)c(CCCCCC)c3nc(c(CCCCCC)c4ccc1[nH]4)C=C3)C=C2. The van der Waals surface area contributed by atoms with Gasteiger partial charge in [0.15, 0.2) is 0 Å². The first-order chi connectivity index (χ1) is 41.4. The van der Waals surface area contributed by atoms with Gasteiger partial charge in [-0.05, 0) is 174 Å². The quantitative estimate of drug-likeness (QED) is 0.0324. The number of aryl methyl sites for hydroxylation is 6. The van der Waals surface area contributed by atoms with Gasteiger partial charge in [-0.1, -0.05) is 157 Å². The summed E-state index contributed by atoms with van der Waals surface area (Å²) in [7, 11) is 0. The predicted molar refractivity (Wildman–Crippen MR) is 364 cm³/mol. The summed E-state index contributed by atoms with van der Waals surface area (Å²) in [6, 6.07) is 18.6. The van der Waals surface area contributed by atoms with Crippen molar-refractivity contribution in [2.45, 2.75) is 234 Å². The van der Waals surface area contributed by atoms with Gasteiger partial charge in [0.05, 0.1) is 51.1 Å². The van der Waals surface area contributed by atoms with Crippen LogP contribution in [0.25, 0.3) is 104 Å². The molecule has 0 saturated carbocycles. The molecular weight excluding hydrogens is 1020 g/mol. The van der Waals surface area contributed by atoms with E-state index in [-0.39, 0.29) is 0 Å². The van der Waals surface area contributed by atoms with Gasteiger partial charge in [-0.25, -0.2) is 19.9 Å². The molecule has 0 saturated heterocycles. The smallest absolute Gasteiger partial charge is 0.0737 e. The van der Waals surface area contributed by atoms with Gasteiger partial charge in [0, 0.05) is 83.1 Å². The zero-order valence-electron chi connectivity index (χ0n) is 52.2. The van der Waals surface area contributed by atoms with E-state index in [9.17, 15) is 0 Å². The molecule has 4 aliphatic heterocycles. The van der Waals surface area contributed by atoms with E-state index < -0.39 is 0 Å². The van der Waals surface area contributed by atoms with Crippen molar-refractivity contribution in [3.63, 3.8) is 0 Å². The molecule has 6 aromatic rings. The lowest BCUT2D eigenvalue weighted by Crippen LogP contribution is -1.96. The Morgan fingerprint density at radius 1 is 0.274 bits per heavy atom. The number of rotatable bonds is 31. The van der Waals surface area contributed by atoms with Gasteiger partial charge in [-0.15, -0.1) is 0 Å². The highest BCUT2D eigenvalue weighted by Gasteiger charge is 2.22. The number of nitrogens with zero attached hydrogens (tertiary/aromatic N) is 4. The van der Waals surface area contributed by atoms with Crippen LogP contribution in [0.5, 0.6) is 0 Å². The minimum Gasteiger partial charge on any atom is -0.355 e. The van der Waals surface area contributed by atoms with E-state index in [1.54, 1.807) is 0 Å². The Morgan fingerprint density at radius 3 is 0.952 bits per heavy atom. The summed E-state index contributed by atoms with van der Waals surface area (Å²) in [5.74, 6) is 0. The topological polar surface area (TPSA) is 115 Å². The maximum absolute atomic E-state index is 5.83. The molecule has 16 bridgehead atoms. The van der Waals surface area contributed by atoms with Gasteiger partial charge in [0.25, 0.3) is 0 Å². The Kier molecular flexibility index (Phi) is 21.8. The molecule has 84 heavy (non-hydrogen) atoms. The Morgan fingerprint density at radius 2 is 0.571 bits per heavy atom. The van der Waals surface area contributed by atoms with Crippen LogP contribution in [0.1, 0.15) is 275 Å². The van der Waals surface area contributed by atoms with Crippen LogP contribution in [0, 0.1) is 0 Å². The van der Waals surface area contributed by atoms with E-state index in [4.69, 9.17) is 19.9 Å². The molecule has 0 fully saturated rings. The van der Waals surface area contributed by atoms with Crippen LogP contribution in [-0.2, 0) is 38.5 Å². The number of nitrogens with one attached hydrogen (secondary N) is 4. The molecule has 6 aromatic heterocycles. The summed E-state index contributed by atoms with van der Waals surface area (Å²) in [6.45, 7) is 13.8. The lowest BCUT2D eigenvalue weighted by Gasteiger charge is -2.09. The number of fused-ring (bicyclic) bond motifs is 16. The van der Waals surface area contributed by atoms with Crippen LogP contribution >= 0.6 is 0 Å². The minimum absolute atomic E-state index is 0.892. The van der Waals surface area contributed by atoms with E-state index in [2.05, 4.69) is 159 Å². The average Bonchev–Trinajstić information content (AvgIpc) is 3.88. The van der Waals surface area contributed by atoms with Gasteiger partial charge >= 0.3 is 0 Å². The van der Waals surface area contributed by atoms with E-state index in [1.165, 1.54) is 159 Å². The van der Waals surface area contributed by atoms with Crippen molar-refractivity contribution >= 4 is 92.7 Å². The second kappa shape index (κ2) is 30.3. The molecule has 8 nitrogen and oxygen atoms in total. The predicted octanol–water partition coefficient (Wildman–Crippen LogP) is 22.0. The van der Waals surface area contributed by atoms with Gasteiger partial charge in [-0.2, -0.15) is 0 Å². The van der Waals surface area contributed by atoms with E-state index in [0.717, 1.165) is 168 Å². The minimum atomic E-state index is 0.892. The molecule has 0 atom stereocenters. The van der Waals surface area contributed by atoms with Crippen LogP contribution < -0.4 is 0 Å². The van der Waals surface area contributed by atoms with Crippen molar-refractivity contribution in [2.24, 2.45) is 0 Å². The van der Waals surface area contributed by atoms with Gasteiger partial charge in [-0.3, -0.25) is 0 Å². The highest BCUT2D eigenvalue weighted by Crippen LogP contribution is 2.39. The Labute approximate surface area is 502 Å². The second-order valence-corrected chi connectivity index (χ2v) is 24.5. The number of unbranched alkanes of at least 4 members (excludes halogenated alkanes) is 18. The van der Waals surface area contributed by atoms with E-state index in [1.807, 2.05) is 0 Å². The zero-order valence-corrected chi connectivity index (χ0v) is 52.2. The molecule has 4 aliphatic rings. The number of aromatic nitrogens is 8.